The lowest BCUT2D eigenvalue weighted by Crippen LogP contribution is -2.80. The van der Waals surface area contributed by atoms with Crippen molar-refractivity contribution in [2.24, 2.45) is 0 Å². The molecule has 5 nitrogen and oxygen atoms in total. The van der Waals surface area contributed by atoms with Crippen LogP contribution in [0.4, 0.5) is 0 Å². The average molecular weight is 322 g/mol. The fourth-order valence-electron chi connectivity index (χ4n) is 3.85. The molecule has 1 atom stereocenters. The average Bonchev–Trinajstić information content (AvgIpc) is 2.52. The van der Waals surface area contributed by atoms with Gasteiger partial charge in [0.05, 0.1) is 24.8 Å². The molecule has 1 N–H and O–H groups in total. The SMILES string of the molecule is O=C(c1ccc(Cl)cc1)N1C[C@@H]2COCCN2C2(CNC2)C1. The second-order valence-electron chi connectivity index (χ2n) is 6.44. The highest BCUT2D eigenvalue weighted by molar-refractivity contribution is 6.30. The maximum Gasteiger partial charge on any atom is 0.253 e. The van der Waals surface area contributed by atoms with E-state index in [1.54, 1.807) is 24.3 Å². The standard InChI is InChI=1S/C16H20ClN3O2/c17-13-3-1-12(2-4-13)15(21)19-7-14-8-22-6-5-20(14)16(11-19)9-18-10-16/h1-4,14,18H,5-11H2/t14-/m1/s1. The van der Waals surface area contributed by atoms with Gasteiger partial charge in [0, 0.05) is 43.3 Å². The van der Waals surface area contributed by atoms with Crippen molar-refractivity contribution in [2.75, 3.05) is 45.9 Å². The molecule has 22 heavy (non-hydrogen) atoms. The van der Waals surface area contributed by atoms with Gasteiger partial charge in [-0.1, -0.05) is 11.6 Å². The molecule has 118 valence electrons. The fourth-order valence-corrected chi connectivity index (χ4v) is 3.98. The van der Waals surface area contributed by atoms with Crippen molar-refractivity contribution >= 4 is 17.5 Å². The lowest BCUT2D eigenvalue weighted by Gasteiger charge is -2.60. The molecule has 0 bridgehead atoms. The molecular weight excluding hydrogens is 302 g/mol. The minimum absolute atomic E-state index is 0.0909. The number of carbonyl (C=O) groups is 1. The molecule has 3 heterocycles. The second-order valence-corrected chi connectivity index (χ2v) is 6.88. The molecule has 0 saturated carbocycles. The molecule has 1 amide bonds. The Morgan fingerprint density at radius 3 is 2.77 bits per heavy atom. The van der Waals surface area contributed by atoms with Crippen molar-refractivity contribution in [2.45, 2.75) is 11.6 Å². The fraction of sp³-hybridized carbons (Fsp3) is 0.562. The summed E-state index contributed by atoms with van der Waals surface area (Å²) in [6.07, 6.45) is 0. The summed E-state index contributed by atoms with van der Waals surface area (Å²) >= 11 is 5.91. The number of rotatable bonds is 1. The van der Waals surface area contributed by atoms with E-state index in [1.807, 2.05) is 4.90 Å². The van der Waals surface area contributed by atoms with Crippen LogP contribution in [-0.2, 0) is 4.74 Å². The highest BCUT2D eigenvalue weighted by atomic mass is 35.5. The zero-order valence-corrected chi connectivity index (χ0v) is 13.2. The lowest BCUT2D eigenvalue weighted by atomic mass is 9.84. The van der Waals surface area contributed by atoms with E-state index in [0.717, 1.165) is 39.3 Å². The van der Waals surface area contributed by atoms with Gasteiger partial charge in [0.1, 0.15) is 0 Å². The molecule has 0 unspecified atom stereocenters. The number of piperazine rings is 1. The summed E-state index contributed by atoms with van der Waals surface area (Å²) in [4.78, 5) is 17.4. The molecule has 3 fully saturated rings. The minimum atomic E-state index is 0.0909. The number of ether oxygens (including phenoxy) is 1. The van der Waals surface area contributed by atoms with Gasteiger partial charge in [-0.3, -0.25) is 9.69 Å². The van der Waals surface area contributed by atoms with Gasteiger partial charge in [-0.15, -0.1) is 0 Å². The predicted molar refractivity (Wildman–Crippen MR) is 84.3 cm³/mol. The van der Waals surface area contributed by atoms with E-state index in [1.165, 1.54) is 0 Å². The number of nitrogens with one attached hydrogen (secondary N) is 1. The largest absolute Gasteiger partial charge is 0.378 e. The van der Waals surface area contributed by atoms with Crippen molar-refractivity contribution in [3.63, 3.8) is 0 Å². The van der Waals surface area contributed by atoms with Gasteiger partial charge in [-0.2, -0.15) is 0 Å². The quantitative estimate of drug-likeness (QED) is 0.832. The monoisotopic (exact) mass is 321 g/mol. The number of halogens is 1. The highest BCUT2D eigenvalue weighted by Crippen LogP contribution is 2.31. The van der Waals surface area contributed by atoms with E-state index in [9.17, 15) is 4.79 Å². The van der Waals surface area contributed by atoms with Gasteiger partial charge >= 0.3 is 0 Å². The maximum absolute atomic E-state index is 12.8. The first-order valence-electron chi connectivity index (χ1n) is 7.78. The van der Waals surface area contributed by atoms with Crippen molar-refractivity contribution in [3.8, 4) is 0 Å². The smallest absolute Gasteiger partial charge is 0.253 e. The summed E-state index contributed by atoms with van der Waals surface area (Å²) in [5.74, 6) is 0.0909. The Kier molecular flexibility index (Phi) is 3.61. The minimum Gasteiger partial charge on any atom is -0.378 e. The Balaban J connectivity index is 1.57. The van der Waals surface area contributed by atoms with Crippen LogP contribution >= 0.6 is 11.6 Å². The molecule has 1 aromatic carbocycles. The molecule has 3 aliphatic heterocycles. The number of fused-ring (bicyclic) bond motifs is 2. The summed E-state index contributed by atoms with van der Waals surface area (Å²) in [5, 5.41) is 4.03. The number of hydrogen-bond acceptors (Lipinski definition) is 4. The van der Waals surface area contributed by atoms with Crippen LogP contribution in [0.5, 0.6) is 0 Å². The van der Waals surface area contributed by atoms with Gasteiger partial charge < -0.3 is 15.0 Å². The van der Waals surface area contributed by atoms with E-state index in [4.69, 9.17) is 16.3 Å². The topological polar surface area (TPSA) is 44.8 Å². The normalized spacial score (nSPS) is 27.3. The number of morpholine rings is 1. The van der Waals surface area contributed by atoms with Crippen LogP contribution in [0, 0.1) is 0 Å². The molecule has 0 aliphatic carbocycles. The van der Waals surface area contributed by atoms with Crippen molar-refractivity contribution in [1.82, 2.24) is 15.1 Å². The molecule has 0 aromatic heterocycles. The van der Waals surface area contributed by atoms with Gasteiger partial charge in [0.15, 0.2) is 0 Å². The molecule has 4 rings (SSSR count). The number of amides is 1. The first-order chi connectivity index (χ1) is 10.7. The van der Waals surface area contributed by atoms with E-state index in [0.29, 0.717) is 23.2 Å². The summed E-state index contributed by atoms with van der Waals surface area (Å²) in [5.41, 5.74) is 0.798. The molecule has 0 radical (unpaired) electrons. The van der Waals surface area contributed by atoms with Gasteiger partial charge in [-0.25, -0.2) is 0 Å². The highest BCUT2D eigenvalue weighted by Gasteiger charge is 2.51. The van der Waals surface area contributed by atoms with Crippen LogP contribution in [0.3, 0.4) is 0 Å². The molecule has 1 spiro atoms. The Morgan fingerprint density at radius 1 is 1.32 bits per heavy atom. The zero-order chi connectivity index (χ0) is 15.2. The third-order valence-corrected chi connectivity index (χ3v) is 5.29. The second kappa shape index (κ2) is 5.49. The third-order valence-electron chi connectivity index (χ3n) is 5.04. The third kappa shape index (κ3) is 2.33. The van der Waals surface area contributed by atoms with Gasteiger partial charge in [0.2, 0.25) is 0 Å². The molecule has 3 aliphatic rings. The Morgan fingerprint density at radius 2 is 2.09 bits per heavy atom. The van der Waals surface area contributed by atoms with E-state index < -0.39 is 0 Å². The summed E-state index contributed by atoms with van der Waals surface area (Å²) < 4.78 is 5.63. The van der Waals surface area contributed by atoms with Crippen LogP contribution in [0.2, 0.25) is 5.02 Å². The van der Waals surface area contributed by atoms with Gasteiger partial charge in [-0.05, 0) is 24.3 Å². The molecule has 3 saturated heterocycles. The Bertz CT molecular complexity index is 573. The Hall–Kier alpha value is -1.14. The molecule has 1 aromatic rings. The van der Waals surface area contributed by atoms with Gasteiger partial charge in [0.25, 0.3) is 5.91 Å². The van der Waals surface area contributed by atoms with Crippen molar-refractivity contribution in [3.05, 3.63) is 34.9 Å². The number of nitrogens with zero attached hydrogens (tertiary/aromatic N) is 2. The maximum atomic E-state index is 12.8. The Labute approximate surface area is 135 Å². The lowest BCUT2D eigenvalue weighted by molar-refractivity contribution is -0.123. The van der Waals surface area contributed by atoms with E-state index in [-0.39, 0.29) is 11.4 Å². The van der Waals surface area contributed by atoms with Crippen molar-refractivity contribution in [1.29, 1.82) is 0 Å². The molecule has 6 heteroatoms. The first kappa shape index (κ1) is 14.5. The van der Waals surface area contributed by atoms with E-state index >= 15 is 0 Å². The predicted octanol–water partition coefficient (Wildman–Crippen LogP) is 0.839. The number of carbonyl (C=O) groups excluding carboxylic acids is 1. The van der Waals surface area contributed by atoms with Crippen molar-refractivity contribution < 1.29 is 9.53 Å². The van der Waals surface area contributed by atoms with Crippen LogP contribution < -0.4 is 5.32 Å². The van der Waals surface area contributed by atoms with Crippen LogP contribution in [-0.4, -0.2) is 73.2 Å². The summed E-state index contributed by atoms with van der Waals surface area (Å²) in [6, 6.07) is 7.46. The number of hydrogen-bond donors (Lipinski definition) is 1. The zero-order valence-electron chi connectivity index (χ0n) is 12.4. The number of benzene rings is 1. The van der Waals surface area contributed by atoms with E-state index in [2.05, 4.69) is 10.2 Å². The van der Waals surface area contributed by atoms with Crippen LogP contribution in [0.25, 0.3) is 0 Å². The van der Waals surface area contributed by atoms with Crippen LogP contribution in [0.15, 0.2) is 24.3 Å². The molecular formula is C16H20ClN3O2. The van der Waals surface area contributed by atoms with Crippen LogP contribution in [0.1, 0.15) is 10.4 Å². The summed E-state index contributed by atoms with van der Waals surface area (Å²) in [7, 11) is 0. The first-order valence-corrected chi connectivity index (χ1v) is 8.16. The summed E-state index contributed by atoms with van der Waals surface area (Å²) in [6.45, 7) is 5.91.